The second-order valence-corrected chi connectivity index (χ2v) is 15.6. The lowest BCUT2D eigenvalue weighted by Crippen LogP contribution is -2.30. The Morgan fingerprint density at radius 1 is 0.590 bits per heavy atom. The summed E-state index contributed by atoms with van der Waals surface area (Å²) in [6.07, 6.45) is -1.65. The number of hydrogen-bond acceptors (Lipinski definition) is 21. The fourth-order valence-corrected chi connectivity index (χ4v) is 7.09. The highest BCUT2D eigenvalue weighted by atomic mass is 19.4. The zero-order chi connectivity index (χ0) is 55.9. The number of methoxy groups -OCH3 is 6. The molecule has 404 valence electrons. The first-order valence-electron chi connectivity index (χ1n) is 22.0. The third-order valence-corrected chi connectivity index (χ3v) is 10.7. The van der Waals surface area contributed by atoms with Crippen molar-refractivity contribution in [2.24, 2.45) is 5.84 Å². The van der Waals surface area contributed by atoms with Gasteiger partial charge >= 0.3 is 18.1 Å². The van der Waals surface area contributed by atoms with Crippen molar-refractivity contribution in [3.05, 3.63) is 125 Å². The third-order valence-electron chi connectivity index (χ3n) is 10.7. The molecule has 31 heteroatoms. The van der Waals surface area contributed by atoms with Gasteiger partial charge < -0.3 is 43.5 Å². The lowest BCUT2D eigenvalue weighted by Gasteiger charge is -2.14. The van der Waals surface area contributed by atoms with Gasteiger partial charge in [0.05, 0.1) is 42.7 Å². The van der Waals surface area contributed by atoms with Crippen LogP contribution in [0.15, 0.2) is 107 Å². The molecule has 0 saturated heterocycles. The number of amides is 1. The summed E-state index contributed by atoms with van der Waals surface area (Å²) in [7, 11) is 8.63. The lowest BCUT2D eigenvalue weighted by molar-refractivity contribution is -0.142. The highest BCUT2D eigenvalue weighted by Gasteiger charge is 2.35. The van der Waals surface area contributed by atoms with E-state index in [0.717, 1.165) is 33.9 Å². The normalized spacial score (nSPS) is 11.2. The summed E-state index contributed by atoms with van der Waals surface area (Å²) in [4.78, 5) is 49.6. The molecule has 2 aromatic carbocycles. The van der Waals surface area contributed by atoms with Gasteiger partial charge in [0.15, 0.2) is 23.0 Å². The monoisotopic (exact) mass is 1090 g/mol. The molecule has 0 atom stereocenters. The average Bonchev–Trinajstić information content (AvgIpc) is 4.26. The van der Waals surface area contributed by atoms with Crippen LogP contribution in [0, 0.1) is 0 Å². The second kappa shape index (κ2) is 22.6. The van der Waals surface area contributed by atoms with Crippen LogP contribution in [0.2, 0.25) is 0 Å². The Morgan fingerprint density at radius 3 is 1.42 bits per heavy atom. The number of H-pyrrole nitrogens is 1. The van der Waals surface area contributed by atoms with Crippen molar-refractivity contribution >= 4 is 29.2 Å². The minimum atomic E-state index is -4.68. The maximum atomic E-state index is 13.4. The Balaban J connectivity index is 0.000000206. The van der Waals surface area contributed by atoms with Gasteiger partial charge in [0.1, 0.15) is 34.1 Å². The van der Waals surface area contributed by atoms with Gasteiger partial charge in [-0.1, -0.05) is 0 Å². The number of carbonyl (C=O) groups excluding carboxylic acids is 1. The first kappa shape index (κ1) is 53.9. The molecule has 0 bridgehead atoms. The number of rotatable bonds is 16. The molecule has 0 fully saturated rings. The van der Waals surface area contributed by atoms with Crippen LogP contribution in [0.3, 0.4) is 0 Å². The third kappa shape index (κ3) is 12.1. The lowest BCUT2D eigenvalue weighted by atomic mass is 10.1. The van der Waals surface area contributed by atoms with Crippen LogP contribution in [0.1, 0.15) is 21.7 Å². The van der Waals surface area contributed by atoms with E-state index in [-0.39, 0.29) is 69.0 Å². The van der Waals surface area contributed by atoms with Gasteiger partial charge in [-0.25, -0.2) is 45.0 Å². The van der Waals surface area contributed by atoms with Crippen molar-refractivity contribution < 1.29 is 64.0 Å². The number of halogens is 6. The number of nitrogens with zero attached hydrogens (tertiary/aromatic N) is 11. The highest BCUT2D eigenvalue weighted by Crippen LogP contribution is 2.37. The number of aromatic amines is 1. The summed E-state index contributed by atoms with van der Waals surface area (Å²) in [5, 5.41) is 19.2. The van der Waals surface area contributed by atoms with Crippen LogP contribution in [-0.2, 0) is 12.4 Å². The molecule has 0 spiro atoms. The van der Waals surface area contributed by atoms with E-state index >= 15 is 0 Å². The Kier molecular flexibility index (Phi) is 15.7. The van der Waals surface area contributed by atoms with Crippen molar-refractivity contribution in [1.82, 2.24) is 65.1 Å². The predicted octanol–water partition coefficient (Wildman–Crippen LogP) is 6.97. The molecule has 78 heavy (non-hydrogen) atoms. The zero-order valence-electron chi connectivity index (χ0n) is 41.2. The molecular weight excluding hydrogens is 1050 g/mol. The SMILES string of the molecule is COc1cc(Nc2ncc(-c3cnc(OC)c(-c4n[nH]c(=O)o4)c3)c(-n3ccc(C(F)(F)F)n3)n2)cc(OC)c1.COc1cc(Nc2ncc(-c3cnc(OC)c(C(=O)NN)c3)c(-n3ccc(C(F)(F)F)n3)n2)cc(OC)c1. The van der Waals surface area contributed by atoms with E-state index in [1.165, 1.54) is 79.6 Å². The maximum absolute atomic E-state index is 13.4. The van der Waals surface area contributed by atoms with Gasteiger partial charge in [-0.05, 0) is 24.3 Å². The van der Waals surface area contributed by atoms with E-state index in [4.69, 9.17) is 38.7 Å². The fourth-order valence-electron chi connectivity index (χ4n) is 7.09. The van der Waals surface area contributed by atoms with E-state index in [1.54, 1.807) is 36.4 Å². The minimum Gasteiger partial charge on any atom is -0.497 e. The highest BCUT2D eigenvalue weighted by molar-refractivity contribution is 5.97. The van der Waals surface area contributed by atoms with E-state index in [1.807, 2.05) is 5.43 Å². The molecule has 25 nitrogen and oxygen atoms in total. The zero-order valence-corrected chi connectivity index (χ0v) is 41.2. The molecule has 1 amide bonds. The van der Waals surface area contributed by atoms with Crippen molar-refractivity contribution in [2.45, 2.75) is 12.4 Å². The molecule has 7 heterocycles. The van der Waals surface area contributed by atoms with Gasteiger partial charge in [-0.15, -0.1) is 5.10 Å². The number of nitrogens with one attached hydrogen (secondary N) is 4. The average molecular weight is 1090 g/mol. The fraction of sp³-hybridized carbons (Fsp3) is 0.170. The molecular formula is C47H40F6N16O9. The Bertz CT molecular complexity index is 3630. The summed E-state index contributed by atoms with van der Waals surface area (Å²) in [5.41, 5.74) is 2.03. The Labute approximate surface area is 434 Å². The number of hydrazine groups is 1. The quantitative estimate of drug-likeness (QED) is 0.0282. The number of nitrogen functional groups attached to an aromatic ring is 1. The molecule has 0 aliphatic heterocycles. The molecule has 9 aromatic rings. The first-order valence-corrected chi connectivity index (χ1v) is 22.0. The largest absolute Gasteiger partial charge is 0.497 e. The molecule has 0 saturated carbocycles. The number of hydrogen-bond donors (Lipinski definition) is 5. The van der Waals surface area contributed by atoms with Crippen molar-refractivity contribution in [3.8, 4) is 80.1 Å². The predicted molar refractivity (Wildman–Crippen MR) is 261 cm³/mol. The Morgan fingerprint density at radius 2 is 1.04 bits per heavy atom. The summed E-state index contributed by atoms with van der Waals surface area (Å²) in [6.45, 7) is 0. The van der Waals surface area contributed by atoms with Gasteiger partial charge in [-0.3, -0.25) is 10.2 Å². The van der Waals surface area contributed by atoms with Gasteiger partial charge in [0, 0.05) is 107 Å². The van der Waals surface area contributed by atoms with Crippen molar-refractivity contribution in [1.29, 1.82) is 0 Å². The standard InChI is InChI=1S/C24H19F3N8O5.C23H21F3N8O4/c1-37-14-7-13(8-15(9-14)38-2)30-22-29-11-17(19(31-22)35-5-4-18(34-35)24(25,26)27)12-6-16(20(39-3)28-10-12)21-32-33-23(36)40-21;1-36-14-7-13(8-15(9-14)37-2)30-22-29-11-17(12-6-16(20(35)32-27)21(38-3)28-10-12)19(31-22)34-5-4-18(33-34)23(24,25)26/h4-11H,1-3H3,(H,33,36)(H,29,30,31);4-11H,27H2,1-3H3,(H,32,35)(H,29,30,31). The van der Waals surface area contributed by atoms with Crippen LogP contribution in [0.25, 0.3) is 45.3 Å². The smallest absolute Gasteiger partial charge is 0.435 e. The van der Waals surface area contributed by atoms with Crippen LogP contribution in [0.5, 0.6) is 34.8 Å². The molecule has 9 rings (SSSR count). The number of nitrogens with two attached hydrogens (primary N) is 1. The first-order chi connectivity index (χ1) is 37.3. The van der Waals surface area contributed by atoms with Crippen molar-refractivity contribution in [2.75, 3.05) is 53.3 Å². The molecule has 0 aliphatic rings. The topological polar surface area (TPSA) is 306 Å². The van der Waals surface area contributed by atoms with E-state index in [0.29, 0.717) is 39.9 Å². The van der Waals surface area contributed by atoms with Gasteiger partial charge in [0.2, 0.25) is 23.7 Å². The van der Waals surface area contributed by atoms with Crippen LogP contribution < -0.4 is 56.1 Å². The number of anilines is 4. The summed E-state index contributed by atoms with van der Waals surface area (Å²) in [6, 6.07) is 14.5. The van der Waals surface area contributed by atoms with Crippen LogP contribution in [0.4, 0.5) is 49.6 Å². The summed E-state index contributed by atoms with van der Waals surface area (Å²) < 4.78 is 118. The number of ether oxygens (including phenoxy) is 6. The molecule has 0 unspecified atom stereocenters. The van der Waals surface area contributed by atoms with E-state index < -0.39 is 35.4 Å². The number of alkyl halides is 6. The van der Waals surface area contributed by atoms with Crippen LogP contribution in [-0.4, -0.2) is 108 Å². The molecule has 7 aromatic heterocycles. The molecule has 0 radical (unpaired) electrons. The number of benzene rings is 2. The van der Waals surface area contributed by atoms with Crippen molar-refractivity contribution in [3.63, 3.8) is 0 Å². The second-order valence-electron chi connectivity index (χ2n) is 15.6. The number of carbonyl (C=O) groups is 1. The number of aromatic nitrogens is 12. The molecule has 0 aliphatic carbocycles. The van der Waals surface area contributed by atoms with Gasteiger partial charge in [-0.2, -0.15) is 46.5 Å². The minimum absolute atomic E-state index is 0.00995. The Hall–Kier alpha value is -10.3. The van der Waals surface area contributed by atoms with E-state index in [2.05, 4.69) is 60.9 Å². The summed E-state index contributed by atoms with van der Waals surface area (Å²) >= 11 is 0. The summed E-state index contributed by atoms with van der Waals surface area (Å²) in [5.74, 6) is 5.72. The maximum Gasteiger partial charge on any atom is 0.435 e. The van der Waals surface area contributed by atoms with Crippen LogP contribution >= 0.6 is 0 Å². The number of pyridine rings is 2. The van der Waals surface area contributed by atoms with Gasteiger partial charge in [0.25, 0.3) is 11.8 Å². The molecule has 6 N–H and O–H groups in total. The van der Waals surface area contributed by atoms with E-state index in [9.17, 15) is 35.9 Å².